The second-order valence-corrected chi connectivity index (χ2v) is 4.43. The largest absolute Gasteiger partial charge is 0.451 e. The summed E-state index contributed by atoms with van der Waals surface area (Å²) in [6, 6.07) is 5.11. The van der Waals surface area contributed by atoms with E-state index in [0.29, 0.717) is 5.56 Å². The maximum absolute atomic E-state index is 13.2. The van der Waals surface area contributed by atoms with Gasteiger partial charge in [-0.3, -0.25) is 0 Å². The van der Waals surface area contributed by atoms with E-state index >= 15 is 0 Å². The molecule has 0 spiro atoms. The van der Waals surface area contributed by atoms with Gasteiger partial charge in [0.1, 0.15) is 16.8 Å². The zero-order valence-corrected chi connectivity index (χ0v) is 10.8. The highest BCUT2D eigenvalue weighted by atomic mass is 35.5. The molecule has 3 nitrogen and oxygen atoms in total. The van der Waals surface area contributed by atoms with Gasteiger partial charge in [-0.25, -0.2) is 14.4 Å². The summed E-state index contributed by atoms with van der Waals surface area (Å²) in [7, 11) is 0. The SMILES string of the molecule is Cc1cc(F)cc(Nc2cc(Cl)nc(C(F)(F)F)n2)c1. The molecule has 0 bridgehead atoms. The van der Waals surface area contributed by atoms with E-state index < -0.39 is 17.8 Å². The van der Waals surface area contributed by atoms with Crippen LogP contribution in [0.1, 0.15) is 11.4 Å². The van der Waals surface area contributed by atoms with E-state index in [1.54, 1.807) is 13.0 Å². The topological polar surface area (TPSA) is 37.8 Å². The van der Waals surface area contributed by atoms with Gasteiger partial charge < -0.3 is 5.32 Å². The lowest BCUT2D eigenvalue weighted by atomic mass is 10.2. The molecule has 1 aromatic heterocycles. The Labute approximate surface area is 116 Å². The molecule has 0 aliphatic rings. The van der Waals surface area contributed by atoms with Crippen LogP contribution in [0.25, 0.3) is 0 Å². The summed E-state index contributed by atoms with van der Waals surface area (Å²) in [6.07, 6.45) is -4.71. The van der Waals surface area contributed by atoms with Gasteiger partial charge in [-0.15, -0.1) is 0 Å². The molecule has 2 aromatic rings. The van der Waals surface area contributed by atoms with Crippen LogP contribution in [0.3, 0.4) is 0 Å². The molecule has 1 aromatic carbocycles. The molecule has 1 heterocycles. The van der Waals surface area contributed by atoms with Crippen molar-refractivity contribution in [3.63, 3.8) is 0 Å². The predicted octanol–water partition coefficient (Wildman–Crippen LogP) is 4.34. The van der Waals surface area contributed by atoms with E-state index in [1.807, 2.05) is 0 Å². The number of hydrogen-bond acceptors (Lipinski definition) is 3. The van der Waals surface area contributed by atoms with Crippen LogP contribution in [0.2, 0.25) is 5.15 Å². The summed E-state index contributed by atoms with van der Waals surface area (Å²) in [5, 5.41) is 2.20. The highest BCUT2D eigenvalue weighted by Crippen LogP contribution is 2.29. The van der Waals surface area contributed by atoms with Crippen molar-refractivity contribution >= 4 is 23.1 Å². The quantitative estimate of drug-likeness (QED) is 0.662. The average molecular weight is 306 g/mol. The first-order chi connectivity index (χ1) is 9.24. The number of alkyl halides is 3. The Balaban J connectivity index is 2.36. The zero-order chi connectivity index (χ0) is 14.9. The Kier molecular flexibility index (Phi) is 3.80. The second-order valence-electron chi connectivity index (χ2n) is 4.04. The van der Waals surface area contributed by atoms with Crippen LogP contribution in [0, 0.1) is 12.7 Å². The number of benzene rings is 1. The fraction of sp³-hybridized carbons (Fsp3) is 0.167. The maximum atomic E-state index is 13.2. The van der Waals surface area contributed by atoms with Crippen molar-refractivity contribution in [2.24, 2.45) is 0 Å². The number of rotatable bonds is 2. The van der Waals surface area contributed by atoms with Crippen LogP contribution in [-0.4, -0.2) is 9.97 Å². The van der Waals surface area contributed by atoms with Gasteiger partial charge in [-0.2, -0.15) is 13.2 Å². The molecule has 0 atom stereocenters. The first kappa shape index (κ1) is 14.5. The summed E-state index contributed by atoms with van der Waals surface area (Å²) < 4.78 is 50.8. The van der Waals surface area contributed by atoms with Crippen molar-refractivity contribution in [1.82, 2.24) is 9.97 Å². The van der Waals surface area contributed by atoms with Crippen molar-refractivity contribution in [1.29, 1.82) is 0 Å². The molecule has 0 unspecified atom stereocenters. The monoisotopic (exact) mass is 305 g/mol. The minimum atomic E-state index is -4.71. The molecular weight excluding hydrogens is 298 g/mol. The number of halogens is 5. The standard InChI is InChI=1S/C12H8ClF4N3/c1-6-2-7(14)4-8(3-6)18-10-5-9(13)19-11(20-10)12(15,16)17/h2-5H,1H3,(H,18,19,20). The molecule has 0 saturated heterocycles. The van der Waals surface area contributed by atoms with Crippen molar-refractivity contribution in [3.8, 4) is 0 Å². The van der Waals surface area contributed by atoms with Crippen LogP contribution >= 0.6 is 11.6 Å². The molecule has 20 heavy (non-hydrogen) atoms. The Morgan fingerprint density at radius 1 is 1.10 bits per heavy atom. The van der Waals surface area contributed by atoms with Crippen LogP contribution in [0.4, 0.5) is 29.1 Å². The highest BCUT2D eigenvalue weighted by molar-refractivity contribution is 6.29. The molecule has 0 aliphatic carbocycles. The van der Waals surface area contributed by atoms with Gasteiger partial charge in [0.2, 0.25) is 5.82 Å². The van der Waals surface area contributed by atoms with E-state index in [2.05, 4.69) is 15.3 Å². The number of nitrogens with zero attached hydrogens (tertiary/aromatic N) is 2. The van der Waals surface area contributed by atoms with Gasteiger partial charge in [0.05, 0.1) is 0 Å². The van der Waals surface area contributed by atoms with Crippen molar-refractivity contribution < 1.29 is 17.6 Å². The van der Waals surface area contributed by atoms with Crippen LogP contribution in [0.15, 0.2) is 24.3 Å². The lowest BCUT2D eigenvalue weighted by Gasteiger charge is -2.10. The zero-order valence-electron chi connectivity index (χ0n) is 10.1. The van der Waals surface area contributed by atoms with Gasteiger partial charge in [-0.05, 0) is 30.7 Å². The molecule has 0 amide bonds. The molecule has 0 aliphatic heterocycles. The maximum Gasteiger partial charge on any atom is 0.451 e. The van der Waals surface area contributed by atoms with Gasteiger partial charge in [0.15, 0.2) is 0 Å². The third-order valence-corrected chi connectivity index (χ3v) is 2.46. The summed E-state index contributed by atoms with van der Waals surface area (Å²) in [4.78, 5) is 6.40. The molecule has 106 valence electrons. The highest BCUT2D eigenvalue weighted by Gasteiger charge is 2.35. The Hall–Kier alpha value is -1.89. The number of anilines is 2. The fourth-order valence-electron chi connectivity index (χ4n) is 1.56. The molecule has 0 fully saturated rings. The summed E-state index contributed by atoms with van der Waals surface area (Å²) in [6.45, 7) is 1.66. The third-order valence-electron chi connectivity index (χ3n) is 2.26. The lowest BCUT2D eigenvalue weighted by molar-refractivity contribution is -0.144. The van der Waals surface area contributed by atoms with Crippen LogP contribution in [-0.2, 0) is 6.18 Å². The number of aromatic nitrogens is 2. The van der Waals surface area contributed by atoms with Gasteiger partial charge in [-0.1, -0.05) is 11.6 Å². The average Bonchev–Trinajstić information content (AvgIpc) is 2.25. The first-order valence-corrected chi connectivity index (χ1v) is 5.78. The van der Waals surface area contributed by atoms with Crippen LogP contribution in [0.5, 0.6) is 0 Å². The Morgan fingerprint density at radius 2 is 1.80 bits per heavy atom. The van der Waals surface area contributed by atoms with E-state index in [0.717, 1.165) is 12.1 Å². The predicted molar refractivity (Wildman–Crippen MR) is 66.5 cm³/mol. The molecule has 2 rings (SSSR count). The minimum Gasteiger partial charge on any atom is -0.340 e. The van der Waals surface area contributed by atoms with Gasteiger partial charge >= 0.3 is 6.18 Å². The molecule has 0 saturated carbocycles. The number of nitrogens with one attached hydrogen (secondary N) is 1. The molecule has 1 N–H and O–H groups in total. The molecular formula is C12H8ClF4N3. The Morgan fingerprint density at radius 3 is 2.40 bits per heavy atom. The van der Waals surface area contributed by atoms with Crippen LogP contribution < -0.4 is 5.32 Å². The first-order valence-electron chi connectivity index (χ1n) is 5.40. The number of hydrogen-bond donors (Lipinski definition) is 1. The summed E-state index contributed by atoms with van der Waals surface area (Å²) in [5.74, 6) is -2.04. The smallest absolute Gasteiger partial charge is 0.340 e. The van der Waals surface area contributed by atoms with E-state index in [4.69, 9.17) is 11.6 Å². The minimum absolute atomic E-state index is 0.165. The fourth-order valence-corrected chi connectivity index (χ4v) is 1.75. The van der Waals surface area contributed by atoms with Gasteiger partial charge in [0.25, 0.3) is 0 Å². The number of aryl methyl sites for hydroxylation is 1. The van der Waals surface area contributed by atoms with E-state index in [9.17, 15) is 17.6 Å². The van der Waals surface area contributed by atoms with E-state index in [1.165, 1.54) is 6.07 Å². The van der Waals surface area contributed by atoms with Crippen molar-refractivity contribution in [2.45, 2.75) is 13.1 Å². The Bertz CT molecular complexity index is 623. The van der Waals surface area contributed by atoms with Crippen molar-refractivity contribution in [3.05, 3.63) is 46.6 Å². The normalized spacial score (nSPS) is 11.5. The molecule has 8 heteroatoms. The lowest BCUT2D eigenvalue weighted by Crippen LogP contribution is -2.12. The van der Waals surface area contributed by atoms with Gasteiger partial charge in [0, 0.05) is 11.8 Å². The third kappa shape index (κ3) is 3.57. The summed E-state index contributed by atoms with van der Waals surface area (Å²) in [5.41, 5.74) is 0.883. The van der Waals surface area contributed by atoms with E-state index in [-0.39, 0.29) is 16.7 Å². The second kappa shape index (κ2) is 5.24. The molecule has 0 radical (unpaired) electrons. The van der Waals surface area contributed by atoms with Crippen molar-refractivity contribution in [2.75, 3.05) is 5.32 Å². The summed E-state index contributed by atoms with van der Waals surface area (Å²) >= 11 is 5.52.